The predicted molar refractivity (Wildman–Crippen MR) is 143 cm³/mol. The molecule has 0 radical (unpaired) electrons. The number of nitro groups is 1. The molecule has 0 spiro atoms. The van der Waals surface area contributed by atoms with Crippen LogP contribution in [0.25, 0.3) is 11.1 Å². The number of fused-ring (bicyclic) bond motifs is 3. The molecular formula is C29H28N2O9. The molecule has 1 aliphatic carbocycles. The molecule has 11 heteroatoms. The van der Waals surface area contributed by atoms with E-state index >= 15 is 0 Å². The van der Waals surface area contributed by atoms with Crippen molar-refractivity contribution in [1.82, 2.24) is 5.32 Å². The van der Waals surface area contributed by atoms with E-state index in [0.717, 1.165) is 34.4 Å². The summed E-state index contributed by atoms with van der Waals surface area (Å²) in [5.74, 6) is -1.04. The molecule has 4 rings (SSSR count). The number of nitrogens with one attached hydrogen (secondary N) is 1. The van der Waals surface area contributed by atoms with Crippen LogP contribution in [0.15, 0.2) is 72.8 Å². The summed E-state index contributed by atoms with van der Waals surface area (Å²) in [6, 6.07) is 19.1. The number of amides is 1. The number of benzene rings is 3. The van der Waals surface area contributed by atoms with Gasteiger partial charge in [-0.2, -0.15) is 0 Å². The van der Waals surface area contributed by atoms with E-state index in [-0.39, 0.29) is 24.0 Å². The number of alkyl carbamates (subject to hydrolysis) is 1. The molecule has 1 N–H and O–H groups in total. The van der Waals surface area contributed by atoms with Gasteiger partial charge in [0.25, 0.3) is 5.69 Å². The van der Waals surface area contributed by atoms with E-state index in [1.807, 2.05) is 48.5 Å². The van der Waals surface area contributed by atoms with E-state index in [0.29, 0.717) is 0 Å². The second kappa shape index (κ2) is 11.9. The third-order valence-corrected chi connectivity index (χ3v) is 5.94. The Morgan fingerprint density at radius 2 is 1.48 bits per heavy atom. The molecule has 0 fully saturated rings. The van der Waals surface area contributed by atoms with Gasteiger partial charge in [0.05, 0.1) is 4.92 Å². The van der Waals surface area contributed by atoms with Crippen LogP contribution in [0.4, 0.5) is 15.3 Å². The number of hydrogen-bond acceptors (Lipinski definition) is 9. The van der Waals surface area contributed by atoms with Crippen LogP contribution in [0.1, 0.15) is 37.8 Å². The standard InChI is InChI=1S/C29H28N2O9/c1-29(2,3)40-26(32)25(17-38-28(34)39-19-14-12-18(13-15-19)31(35)36)30-27(33)37-16-24-22-10-6-4-8-20(22)21-9-5-7-11-23(21)24/h4-15,24-25H,16-17H2,1-3H3,(H,30,33). The average molecular weight is 549 g/mol. The van der Waals surface area contributed by atoms with Crippen molar-refractivity contribution in [3.63, 3.8) is 0 Å². The van der Waals surface area contributed by atoms with Crippen LogP contribution < -0.4 is 10.1 Å². The Balaban J connectivity index is 1.38. The zero-order chi connectivity index (χ0) is 28.9. The zero-order valence-electron chi connectivity index (χ0n) is 22.1. The first-order valence-corrected chi connectivity index (χ1v) is 12.5. The zero-order valence-corrected chi connectivity index (χ0v) is 22.1. The van der Waals surface area contributed by atoms with E-state index in [4.69, 9.17) is 18.9 Å². The first-order valence-electron chi connectivity index (χ1n) is 12.5. The van der Waals surface area contributed by atoms with Crippen molar-refractivity contribution in [2.75, 3.05) is 13.2 Å². The molecule has 40 heavy (non-hydrogen) atoms. The van der Waals surface area contributed by atoms with Gasteiger partial charge in [0, 0.05) is 18.1 Å². The van der Waals surface area contributed by atoms with Crippen molar-refractivity contribution in [2.24, 2.45) is 0 Å². The highest BCUT2D eigenvalue weighted by molar-refractivity contribution is 5.82. The molecule has 0 aliphatic heterocycles. The number of nitrogens with zero attached hydrogens (tertiary/aromatic N) is 1. The predicted octanol–water partition coefficient (Wildman–Crippen LogP) is 5.36. The van der Waals surface area contributed by atoms with Crippen molar-refractivity contribution in [1.29, 1.82) is 0 Å². The topological polar surface area (TPSA) is 143 Å². The Kier molecular flexibility index (Phi) is 8.32. The van der Waals surface area contributed by atoms with Gasteiger partial charge in [-0.05, 0) is 55.2 Å². The summed E-state index contributed by atoms with van der Waals surface area (Å²) < 4.78 is 20.9. The minimum atomic E-state index is -1.39. The number of esters is 1. The highest BCUT2D eigenvalue weighted by Gasteiger charge is 2.32. The number of hydrogen-bond donors (Lipinski definition) is 1. The quantitative estimate of drug-likeness (QED) is 0.129. The van der Waals surface area contributed by atoms with E-state index in [9.17, 15) is 24.5 Å². The maximum Gasteiger partial charge on any atom is 0.513 e. The van der Waals surface area contributed by atoms with Gasteiger partial charge in [-0.25, -0.2) is 14.4 Å². The monoisotopic (exact) mass is 548 g/mol. The number of ether oxygens (including phenoxy) is 4. The summed E-state index contributed by atoms with van der Waals surface area (Å²) in [5.41, 5.74) is 3.13. The molecule has 1 aliphatic rings. The molecule has 0 bridgehead atoms. The van der Waals surface area contributed by atoms with Gasteiger partial charge >= 0.3 is 18.2 Å². The summed E-state index contributed by atoms with van der Waals surface area (Å²) in [5, 5.41) is 13.2. The summed E-state index contributed by atoms with van der Waals surface area (Å²) in [7, 11) is 0. The number of carbonyl (C=O) groups excluding carboxylic acids is 3. The normalized spacial score (nSPS) is 12.9. The van der Waals surface area contributed by atoms with Crippen LogP contribution in [0, 0.1) is 10.1 Å². The summed E-state index contributed by atoms with van der Waals surface area (Å²) in [4.78, 5) is 47.9. The van der Waals surface area contributed by atoms with Gasteiger partial charge in [-0.1, -0.05) is 48.5 Å². The van der Waals surface area contributed by atoms with Gasteiger partial charge < -0.3 is 24.3 Å². The molecule has 11 nitrogen and oxygen atoms in total. The number of nitro benzene ring substituents is 1. The Labute approximate surface area is 230 Å². The molecule has 0 aromatic heterocycles. The fraction of sp³-hybridized carbons (Fsp3) is 0.276. The van der Waals surface area contributed by atoms with Crippen molar-refractivity contribution in [3.8, 4) is 16.9 Å². The van der Waals surface area contributed by atoms with E-state index in [2.05, 4.69) is 5.32 Å². The van der Waals surface area contributed by atoms with Crippen LogP contribution >= 0.6 is 0 Å². The second-order valence-electron chi connectivity index (χ2n) is 9.97. The molecule has 1 amide bonds. The summed E-state index contributed by atoms with van der Waals surface area (Å²) in [6.45, 7) is 4.37. The minimum absolute atomic E-state index is 0.00564. The Morgan fingerprint density at radius 1 is 0.900 bits per heavy atom. The van der Waals surface area contributed by atoms with Crippen LogP contribution in [-0.2, 0) is 19.0 Å². The van der Waals surface area contributed by atoms with Crippen molar-refractivity contribution in [3.05, 3.63) is 94.0 Å². The van der Waals surface area contributed by atoms with E-state index < -0.39 is 41.4 Å². The third-order valence-electron chi connectivity index (χ3n) is 5.94. The van der Waals surface area contributed by atoms with E-state index in [1.165, 1.54) is 12.1 Å². The molecule has 1 atom stereocenters. The number of carbonyl (C=O) groups is 3. The molecule has 3 aromatic carbocycles. The first kappa shape index (κ1) is 28.1. The summed E-state index contributed by atoms with van der Waals surface area (Å²) in [6.07, 6.45) is -2.08. The summed E-state index contributed by atoms with van der Waals surface area (Å²) >= 11 is 0. The van der Waals surface area contributed by atoms with Crippen LogP contribution in [0.5, 0.6) is 5.75 Å². The third kappa shape index (κ3) is 6.93. The highest BCUT2D eigenvalue weighted by atomic mass is 16.7. The maximum absolute atomic E-state index is 12.8. The molecule has 208 valence electrons. The minimum Gasteiger partial charge on any atom is -0.458 e. The van der Waals surface area contributed by atoms with Crippen LogP contribution in [0.2, 0.25) is 0 Å². The maximum atomic E-state index is 12.8. The number of rotatable bonds is 8. The Morgan fingerprint density at radius 3 is 2.02 bits per heavy atom. The lowest BCUT2D eigenvalue weighted by molar-refractivity contribution is -0.384. The molecule has 3 aromatic rings. The molecule has 1 unspecified atom stereocenters. The average Bonchev–Trinajstić information content (AvgIpc) is 3.22. The van der Waals surface area contributed by atoms with Gasteiger partial charge in [0.1, 0.15) is 24.6 Å². The molecule has 0 saturated heterocycles. The lowest BCUT2D eigenvalue weighted by Gasteiger charge is -2.24. The lowest BCUT2D eigenvalue weighted by atomic mass is 9.98. The Bertz CT molecular complexity index is 1370. The Hall–Kier alpha value is -4.93. The number of non-ortho nitro benzene ring substituents is 1. The molecule has 0 saturated carbocycles. The highest BCUT2D eigenvalue weighted by Crippen LogP contribution is 2.44. The molecular weight excluding hydrogens is 520 g/mol. The smallest absolute Gasteiger partial charge is 0.458 e. The van der Waals surface area contributed by atoms with Crippen LogP contribution in [-0.4, -0.2) is 48.0 Å². The molecule has 0 heterocycles. The van der Waals surface area contributed by atoms with Crippen molar-refractivity contribution < 1.29 is 38.3 Å². The van der Waals surface area contributed by atoms with Gasteiger partial charge in [0.2, 0.25) is 0 Å². The van der Waals surface area contributed by atoms with Gasteiger partial charge in [-0.15, -0.1) is 0 Å². The second-order valence-corrected chi connectivity index (χ2v) is 9.97. The fourth-order valence-corrected chi connectivity index (χ4v) is 4.24. The first-order chi connectivity index (χ1) is 19.0. The SMILES string of the molecule is CC(C)(C)OC(=O)C(COC(=O)Oc1ccc([N+](=O)[O-])cc1)NC(=O)OCC1c2ccccc2-c2ccccc21. The van der Waals surface area contributed by atoms with Crippen LogP contribution in [0.3, 0.4) is 0 Å². The van der Waals surface area contributed by atoms with Gasteiger partial charge in [0.15, 0.2) is 6.04 Å². The largest absolute Gasteiger partial charge is 0.513 e. The van der Waals surface area contributed by atoms with Crippen molar-refractivity contribution >= 4 is 23.9 Å². The van der Waals surface area contributed by atoms with Crippen molar-refractivity contribution in [2.45, 2.75) is 38.3 Å². The fourth-order valence-electron chi connectivity index (χ4n) is 4.24. The van der Waals surface area contributed by atoms with E-state index in [1.54, 1.807) is 20.8 Å². The lowest BCUT2D eigenvalue weighted by Crippen LogP contribution is -2.47. The van der Waals surface area contributed by atoms with Gasteiger partial charge in [-0.3, -0.25) is 10.1 Å².